The fourth-order valence-corrected chi connectivity index (χ4v) is 1.27. The third-order valence-corrected chi connectivity index (χ3v) is 2.20. The van der Waals surface area contributed by atoms with Gasteiger partial charge in [-0.15, -0.1) is 0 Å². The van der Waals surface area contributed by atoms with E-state index in [1.165, 1.54) is 0 Å². The van der Waals surface area contributed by atoms with E-state index in [0.717, 1.165) is 0 Å². The van der Waals surface area contributed by atoms with Gasteiger partial charge in [0.25, 0.3) is 0 Å². The van der Waals surface area contributed by atoms with Gasteiger partial charge in [0, 0.05) is 10.2 Å². The number of carbonyl (C=O) groups is 2. The van der Waals surface area contributed by atoms with Crippen molar-refractivity contribution in [2.75, 3.05) is 18.5 Å². The first-order valence-corrected chi connectivity index (χ1v) is 6.09. The smallest absolute Gasteiger partial charge is 0.341 e. The minimum atomic E-state index is -1.04. The summed E-state index contributed by atoms with van der Waals surface area (Å²) < 4.78 is 5.63. The number of benzene rings is 1. The van der Waals surface area contributed by atoms with Crippen LogP contribution in [0.4, 0.5) is 10.5 Å². The van der Waals surface area contributed by atoms with Crippen LogP contribution in [-0.4, -0.2) is 30.3 Å². The van der Waals surface area contributed by atoms with Gasteiger partial charge in [0.05, 0.1) is 6.54 Å². The predicted molar refractivity (Wildman–Crippen MR) is 74.7 cm³/mol. The first-order valence-electron chi connectivity index (χ1n) is 5.30. The molecular weight excluding hydrogens is 316 g/mol. The van der Waals surface area contributed by atoms with Gasteiger partial charge < -0.3 is 20.5 Å². The van der Waals surface area contributed by atoms with E-state index >= 15 is 0 Å². The molecule has 3 N–H and O–H groups in total. The molecule has 0 fully saturated rings. The molecule has 1 aromatic carbocycles. The SMILES string of the molecule is C=C(Br)CNC(=O)Nc1ccc(OCC(=O)O)cc1. The lowest BCUT2D eigenvalue weighted by molar-refractivity contribution is -0.139. The number of hydrogen-bond acceptors (Lipinski definition) is 3. The van der Waals surface area contributed by atoms with E-state index < -0.39 is 12.6 Å². The maximum atomic E-state index is 11.4. The van der Waals surface area contributed by atoms with Crippen molar-refractivity contribution < 1.29 is 19.4 Å². The van der Waals surface area contributed by atoms with Gasteiger partial charge in [-0.1, -0.05) is 22.5 Å². The van der Waals surface area contributed by atoms with Crippen LogP contribution in [0, 0.1) is 0 Å². The lowest BCUT2D eigenvalue weighted by Crippen LogP contribution is -2.29. The molecule has 0 aliphatic heterocycles. The highest BCUT2D eigenvalue weighted by atomic mass is 79.9. The molecule has 0 atom stereocenters. The zero-order chi connectivity index (χ0) is 14.3. The summed E-state index contributed by atoms with van der Waals surface area (Å²) in [6.07, 6.45) is 0. The summed E-state index contributed by atoms with van der Waals surface area (Å²) in [5, 5.41) is 13.6. The van der Waals surface area contributed by atoms with Crippen molar-refractivity contribution in [1.29, 1.82) is 0 Å². The molecule has 102 valence electrons. The standard InChI is InChI=1S/C12H13BrN2O4/c1-8(13)6-14-12(18)15-9-2-4-10(5-3-9)19-7-11(16)17/h2-5H,1,6-7H2,(H,16,17)(H2,14,15,18). The number of aliphatic carboxylic acids is 1. The molecule has 0 heterocycles. The van der Waals surface area contributed by atoms with E-state index in [4.69, 9.17) is 9.84 Å². The molecule has 1 rings (SSSR count). The zero-order valence-corrected chi connectivity index (χ0v) is 11.6. The average Bonchev–Trinajstić information content (AvgIpc) is 2.35. The monoisotopic (exact) mass is 328 g/mol. The van der Waals surface area contributed by atoms with Crippen molar-refractivity contribution in [1.82, 2.24) is 5.32 Å². The second-order valence-corrected chi connectivity index (χ2v) is 4.65. The minimum absolute atomic E-state index is 0.325. The number of amides is 2. The highest BCUT2D eigenvalue weighted by Gasteiger charge is 2.02. The summed E-state index contributed by atoms with van der Waals surface area (Å²) >= 11 is 3.13. The quantitative estimate of drug-likeness (QED) is 0.746. The zero-order valence-electron chi connectivity index (χ0n) is 9.98. The molecule has 0 aromatic heterocycles. The second-order valence-electron chi connectivity index (χ2n) is 3.53. The van der Waals surface area contributed by atoms with Crippen molar-refractivity contribution >= 4 is 33.6 Å². The van der Waals surface area contributed by atoms with Crippen LogP contribution in [-0.2, 0) is 4.79 Å². The number of anilines is 1. The normalized spacial score (nSPS) is 9.53. The Kier molecular flexibility index (Phi) is 5.87. The summed E-state index contributed by atoms with van der Waals surface area (Å²) in [5.74, 6) is -0.626. The molecule has 1 aromatic rings. The first kappa shape index (κ1) is 15.0. The molecule has 0 aliphatic carbocycles. The highest BCUT2D eigenvalue weighted by Crippen LogP contribution is 2.15. The number of carboxylic acids is 1. The van der Waals surface area contributed by atoms with Crippen LogP contribution in [0.15, 0.2) is 35.3 Å². The Hall–Kier alpha value is -2.02. The molecule has 7 heteroatoms. The lowest BCUT2D eigenvalue weighted by atomic mass is 10.3. The van der Waals surface area contributed by atoms with Gasteiger partial charge in [0.2, 0.25) is 0 Å². The average molecular weight is 329 g/mol. The van der Waals surface area contributed by atoms with Crippen LogP contribution >= 0.6 is 15.9 Å². The molecule has 6 nitrogen and oxygen atoms in total. The predicted octanol–water partition coefficient (Wildman–Crippen LogP) is 2.18. The fourth-order valence-electron chi connectivity index (χ4n) is 1.13. The minimum Gasteiger partial charge on any atom is -0.482 e. The molecule has 19 heavy (non-hydrogen) atoms. The molecule has 0 saturated heterocycles. The Labute approximate surface area is 118 Å². The number of halogens is 1. The maximum absolute atomic E-state index is 11.4. The summed E-state index contributed by atoms with van der Waals surface area (Å²) in [5.41, 5.74) is 0.570. The Bertz CT molecular complexity index is 473. The topological polar surface area (TPSA) is 87.7 Å². The van der Waals surface area contributed by atoms with Crippen LogP contribution < -0.4 is 15.4 Å². The van der Waals surface area contributed by atoms with Gasteiger partial charge in [-0.3, -0.25) is 0 Å². The van der Waals surface area contributed by atoms with Gasteiger partial charge in [-0.05, 0) is 24.3 Å². The van der Waals surface area contributed by atoms with Gasteiger partial charge in [-0.2, -0.15) is 0 Å². The Balaban J connectivity index is 2.45. The molecule has 0 bridgehead atoms. The Morgan fingerprint density at radius 2 is 1.95 bits per heavy atom. The van der Waals surface area contributed by atoms with Crippen LogP contribution in [0.25, 0.3) is 0 Å². The van der Waals surface area contributed by atoms with E-state index in [-0.39, 0.29) is 6.03 Å². The van der Waals surface area contributed by atoms with Gasteiger partial charge in [0.1, 0.15) is 5.75 Å². The first-order chi connectivity index (χ1) is 8.97. The summed E-state index contributed by atoms with van der Waals surface area (Å²) in [7, 11) is 0. The van der Waals surface area contributed by atoms with Crippen LogP contribution in [0.3, 0.4) is 0 Å². The lowest BCUT2D eigenvalue weighted by Gasteiger charge is -2.08. The number of carboxylic acid groups (broad SMARTS) is 1. The third kappa shape index (κ3) is 6.46. The highest BCUT2D eigenvalue weighted by molar-refractivity contribution is 9.11. The summed E-state index contributed by atoms with van der Waals surface area (Å²) in [6, 6.07) is 6.00. The van der Waals surface area contributed by atoms with E-state index in [1.54, 1.807) is 24.3 Å². The summed E-state index contributed by atoms with van der Waals surface area (Å²) in [6.45, 7) is 3.51. The number of ether oxygens (including phenoxy) is 1. The van der Waals surface area contributed by atoms with E-state index in [9.17, 15) is 9.59 Å². The van der Waals surface area contributed by atoms with E-state index in [2.05, 4.69) is 33.1 Å². The molecule has 0 radical (unpaired) electrons. The van der Waals surface area contributed by atoms with Crippen molar-refractivity contribution in [3.05, 3.63) is 35.3 Å². The third-order valence-electron chi connectivity index (χ3n) is 1.92. The molecule has 0 aliphatic rings. The largest absolute Gasteiger partial charge is 0.482 e. The van der Waals surface area contributed by atoms with Gasteiger partial charge >= 0.3 is 12.0 Å². The van der Waals surface area contributed by atoms with Crippen molar-refractivity contribution in [2.45, 2.75) is 0 Å². The fraction of sp³-hybridized carbons (Fsp3) is 0.167. The number of hydrogen-bond donors (Lipinski definition) is 3. The Morgan fingerprint density at radius 1 is 1.32 bits per heavy atom. The Morgan fingerprint density at radius 3 is 2.47 bits per heavy atom. The van der Waals surface area contributed by atoms with Crippen molar-refractivity contribution in [3.63, 3.8) is 0 Å². The number of carbonyl (C=O) groups excluding carboxylic acids is 1. The molecule has 0 unspecified atom stereocenters. The van der Waals surface area contributed by atoms with Crippen molar-refractivity contribution in [2.24, 2.45) is 0 Å². The van der Waals surface area contributed by atoms with Gasteiger partial charge in [-0.25, -0.2) is 9.59 Å². The van der Waals surface area contributed by atoms with Crippen LogP contribution in [0.2, 0.25) is 0 Å². The molecular formula is C12H13BrN2O4. The number of nitrogens with one attached hydrogen (secondary N) is 2. The van der Waals surface area contributed by atoms with E-state index in [0.29, 0.717) is 22.5 Å². The molecule has 2 amide bonds. The maximum Gasteiger partial charge on any atom is 0.341 e. The number of rotatable bonds is 6. The molecule has 0 spiro atoms. The summed E-state index contributed by atoms with van der Waals surface area (Å²) in [4.78, 5) is 21.7. The van der Waals surface area contributed by atoms with Gasteiger partial charge in [0.15, 0.2) is 6.61 Å². The second kappa shape index (κ2) is 7.42. The van der Waals surface area contributed by atoms with Crippen LogP contribution in [0.5, 0.6) is 5.75 Å². The van der Waals surface area contributed by atoms with Crippen molar-refractivity contribution in [3.8, 4) is 5.75 Å². The number of urea groups is 1. The van der Waals surface area contributed by atoms with E-state index in [1.807, 2.05) is 0 Å². The van der Waals surface area contributed by atoms with Crippen LogP contribution in [0.1, 0.15) is 0 Å². The molecule has 0 saturated carbocycles.